The topological polar surface area (TPSA) is 70.2 Å². The van der Waals surface area contributed by atoms with Crippen molar-refractivity contribution in [2.45, 2.75) is 33.2 Å². The molecule has 5 nitrogen and oxygen atoms in total. The Morgan fingerprint density at radius 1 is 1.08 bits per heavy atom. The summed E-state index contributed by atoms with van der Waals surface area (Å²) in [4.78, 5) is 23.9. The predicted octanol–water partition coefficient (Wildman–Crippen LogP) is 3.38. The maximum Gasteiger partial charge on any atom is 0.239 e. The Kier molecular flexibility index (Phi) is 5.56. The van der Waals surface area contributed by atoms with Crippen LogP contribution in [0.5, 0.6) is 0 Å². The Morgan fingerprint density at radius 2 is 1.88 bits per heavy atom. The predicted molar refractivity (Wildman–Crippen MR) is 104 cm³/mol. The molecule has 0 unspecified atom stereocenters. The second-order valence-electron chi connectivity index (χ2n) is 6.91. The highest BCUT2D eigenvalue weighted by Gasteiger charge is 2.29. The fourth-order valence-corrected chi connectivity index (χ4v) is 2.80. The van der Waals surface area contributed by atoms with Crippen LogP contribution < -0.4 is 16.0 Å². The fourth-order valence-electron chi connectivity index (χ4n) is 2.80. The quantitative estimate of drug-likeness (QED) is 0.716. The smallest absolute Gasteiger partial charge is 0.239 e. The average Bonchev–Trinajstić information content (AvgIpc) is 3.45. The first-order chi connectivity index (χ1) is 12.5. The molecule has 1 saturated carbocycles. The maximum absolute atomic E-state index is 12.1. The Balaban J connectivity index is 1.47. The van der Waals surface area contributed by atoms with E-state index in [9.17, 15) is 9.59 Å². The third-order valence-electron chi connectivity index (χ3n) is 4.45. The summed E-state index contributed by atoms with van der Waals surface area (Å²) in [5.74, 6) is 0.191. The van der Waals surface area contributed by atoms with Gasteiger partial charge in [0.1, 0.15) is 0 Å². The molecule has 136 valence electrons. The number of amides is 2. The van der Waals surface area contributed by atoms with Gasteiger partial charge < -0.3 is 16.0 Å². The summed E-state index contributed by atoms with van der Waals surface area (Å²) in [5, 5.41) is 8.99. The second kappa shape index (κ2) is 8.04. The van der Waals surface area contributed by atoms with Gasteiger partial charge in [-0.2, -0.15) is 0 Å². The van der Waals surface area contributed by atoms with Crippen LogP contribution in [0, 0.1) is 19.8 Å². The van der Waals surface area contributed by atoms with Crippen LogP contribution in [0.15, 0.2) is 42.5 Å². The minimum atomic E-state index is -0.0719. The SMILES string of the molecule is Cc1ccc(NCC(=O)NCc2cccc(NC(=O)C3CC3)c2)c(C)c1. The van der Waals surface area contributed by atoms with E-state index in [0.717, 1.165) is 35.3 Å². The normalized spacial score (nSPS) is 13.2. The lowest BCUT2D eigenvalue weighted by Gasteiger charge is -2.11. The molecule has 0 atom stereocenters. The van der Waals surface area contributed by atoms with E-state index in [4.69, 9.17) is 0 Å². The Hall–Kier alpha value is -2.82. The van der Waals surface area contributed by atoms with Crippen molar-refractivity contribution in [1.82, 2.24) is 5.32 Å². The molecule has 1 fully saturated rings. The van der Waals surface area contributed by atoms with Crippen molar-refractivity contribution in [2.75, 3.05) is 17.2 Å². The fraction of sp³-hybridized carbons (Fsp3) is 0.333. The van der Waals surface area contributed by atoms with Gasteiger partial charge in [-0.15, -0.1) is 0 Å². The molecule has 3 rings (SSSR count). The molecule has 0 spiro atoms. The van der Waals surface area contributed by atoms with Crippen LogP contribution in [0.2, 0.25) is 0 Å². The van der Waals surface area contributed by atoms with Crippen molar-refractivity contribution >= 4 is 23.2 Å². The molecule has 0 saturated heterocycles. The lowest BCUT2D eigenvalue weighted by molar-refractivity contribution is -0.119. The maximum atomic E-state index is 12.1. The van der Waals surface area contributed by atoms with Crippen molar-refractivity contribution in [3.8, 4) is 0 Å². The molecule has 0 aromatic heterocycles. The van der Waals surface area contributed by atoms with Gasteiger partial charge >= 0.3 is 0 Å². The van der Waals surface area contributed by atoms with Crippen LogP contribution in [0.4, 0.5) is 11.4 Å². The van der Waals surface area contributed by atoms with Gasteiger partial charge in [0, 0.05) is 23.8 Å². The number of carbonyl (C=O) groups excluding carboxylic acids is 2. The Labute approximate surface area is 154 Å². The van der Waals surface area contributed by atoms with Crippen molar-refractivity contribution in [2.24, 2.45) is 5.92 Å². The molecule has 3 N–H and O–H groups in total. The number of anilines is 2. The number of carbonyl (C=O) groups is 2. The molecular formula is C21H25N3O2. The molecule has 0 bridgehead atoms. The molecule has 1 aliphatic rings. The van der Waals surface area contributed by atoms with E-state index < -0.39 is 0 Å². The van der Waals surface area contributed by atoms with Crippen molar-refractivity contribution < 1.29 is 9.59 Å². The summed E-state index contributed by atoms with van der Waals surface area (Å²) in [7, 11) is 0. The molecule has 0 aliphatic heterocycles. The Bertz CT molecular complexity index is 813. The van der Waals surface area contributed by atoms with E-state index in [0.29, 0.717) is 6.54 Å². The minimum absolute atomic E-state index is 0.0719. The first kappa shape index (κ1) is 18.0. The summed E-state index contributed by atoms with van der Waals surface area (Å²) in [6.45, 7) is 4.72. The van der Waals surface area contributed by atoms with Gasteiger partial charge in [-0.1, -0.05) is 29.8 Å². The zero-order valence-electron chi connectivity index (χ0n) is 15.3. The van der Waals surface area contributed by atoms with Crippen LogP contribution in [0.3, 0.4) is 0 Å². The monoisotopic (exact) mass is 351 g/mol. The summed E-state index contributed by atoms with van der Waals surface area (Å²) in [6.07, 6.45) is 1.96. The van der Waals surface area contributed by atoms with E-state index in [2.05, 4.69) is 22.0 Å². The third kappa shape index (κ3) is 5.09. The van der Waals surface area contributed by atoms with Gasteiger partial charge in [-0.3, -0.25) is 9.59 Å². The molecule has 0 radical (unpaired) electrons. The van der Waals surface area contributed by atoms with Crippen molar-refractivity contribution in [3.63, 3.8) is 0 Å². The van der Waals surface area contributed by atoms with E-state index in [1.807, 2.05) is 50.2 Å². The van der Waals surface area contributed by atoms with Gasteiger partial charge in [0.15, 0.2) is 0 Å². The van der Waals surface area contributed by atoms with E-state index >= 15 is 0 Å². The lowest BCUT2D eigenvalue weighted by atomic mass is 10.1. The highest BCUT2D eigenvalue weighted by atomic mass is 16.2. The van der Waals surface area contributed by atoms with E-state index in [1.165, 1.54) is 5.56 Å². The highest BCUT2D eigenvalue weighted by molar-refractivity contribution is 5.94. The molecular weight excluding hydrogens is 326 g/mol. The van der Waals surface area contributed by atoms with Crippen molar-refractivity contribution in [1.29, 1.82) is 0 Å². The number of rotatable bonds is 7. The molecule has 2 aromatic carbocycles. The van der Waals surface area contributed by atoms with Gasteiger partial charge in [-0.25, -0.2) is 0 Å². The van der Waals surface area contributed by atoms with Gasteiger partial charge in [-0.05, 0) is 56.0 Å². The van der Waals surface area contributed by atoms with Crippen LogP contribution in [-0.4, -0.2) is 18.4 Å². The number of aryl methyl sites for hydroxylation is 2. The number of nitrogens with one attached hydrogen (secondary N) is 3. The summed E-state index contributed by atoms with van der Waals surface area (Å²) < 4.78 is 0. The second-order valence-corrected chi connectivity index (χ2v) is 6.91. The summed E-state index contributed by atoms with van der Waals surface area (Å²) in [6, 6.07) is 13.7. The largest absolute Gasteiger partial charge is 0.376 e. The van der Waals surface area contributed by atoms with Gasteiger partial charge in [0.05, 0.1) is 6.54 Å². The van der Waals surface area contributed by atoms with E-state index in [-0.39, 0.29) is 24.3 Å². The zero-order valence-corrected chi connectivity index (χ0v) is 15.3. The molecule has 1 aliphatic carbocycles. The minimum Gasteiger partial charge on any atom is -0.376 e. The van der Waals surface area contributed by atoms with Gasteiger partial charge in [0.2, 0.25) is 11.8 Å². The number of benzene rings is 2. The number of hydrogen-bond acceptors (Lipinski definition) is 3. The van der Waals surface area contributed by atoms with Crippen LogP contribution in [-0.2, 0) is 16.1 Å². The van der Waals surface area contributed by atoms with Gasteiger partial charge in [0.25, 0.3) is 0 Å². The van der Waals surface area contributed by atoms with Crippen LogP contribution >= 0.6 is 0 Å². The molecule has 5 heteroatoms. The zero-order chi connectivity index (χ0) is 18.5. The van der Waals surface area contributed by atoms with E-state index in [1.54, 1.807) is 0 Å². The van der Waals surface area contributed by atoms with Crippen molar-refractivity contribution in [3.05, 3.63) is 59.2 Å². The lowest BCUT2D eigenvalue weighted by Crippen LogP contribution is -2.29. The number of hydrogen-bond donors (Lipinski definition) is 3. The highest BCUT2D eigenvalue weighted by Crippen LogP contribution is 2.30. The summed E-state index contributed by atoms with van der Waals surface area (Å²) in [5.41, 5.74) is 5.03. The Morgan fingerprint density at radius 3 is 2.62 bits per heavy atom. The third-order valence-corrected chi connectivity index (χ3v) is 4.45. The first-order valence-electron chi connectivity index (χ1n) is 8.99. The van der Waals surface area contributed by atoms with Crippen LogP contribution in [0.1, 0.15) is 29.5 Å². The molecule has 2 amide bonds. The molecule has 26 heavy (non-hydrogen) atoms. The van der Waals surface area contributed by atoms with Crippen LogP contribution in [0.25, 0.3) is 0 Å². The first-order valence-corrected chi connectivity index (χ1v) is 8.99. The molecule has 0 heterocycles. The summed E-state index contributed by atoms with van der Waals surface area (Å²) >= 11 is 0. The molecule has 2 aromatic rings. The average molecular weight is 351 g/mol. The standard InChI is InChI=1S/C21H25N3O2/c1-14-6-9-19(15(2)10-14)22-13-20(25)23-12-16-4-3-5-18(11-16)24-21(26)17-7-8-17/h3-6,9-11,17,22H,7-8,12-13H2,1-2H3,(H,23,25)(H,24,26).